The summed E-state index contributed by atoms with van der Waals surface area (Å²) >= 11 is 3.33. The van der Waals surface area contributed by atoms with E-state index in [1.165, 1.54) is 0 Å². The first-order valence-corrected chi connectivity index (χ1v) is 11.3. The Hall–Kier alpha value is -2.02. The normalized spacial score (nSPS) is 17.2. The van der Waals surface area contributed by atoms with Crippen LogP contribution in [0.15, 0.2) is 47.8 Å². The predicted octanol–water partition coefficient (Wildman–Crippen LogP) is 4.63. The lowest BCUT2D eigenvalue weighted by Crippen LogP contribution is -2.47. The maximum Gasteiger partial charge on any atom is 0.227 e. The smallest absolute Gasteiger partial charge is 0.227 e. The number of hydrogen-bond acceptors (Lipinski definition) is 5. The van der Waals surface area contributed by atoms with Gasteiger partial charge in [0.2, 0.25) is 5.91 Å². The van der Waals surface area contributed by atoms with Crippen LogP contribution in [0.1, 0.15) is 17.7 Å². The monoisotopic (exact) mass is 411 g/mol. The molecule has 1 aliphatic heterocycles. The van der Waals surface area contributed by atoms with Crippen molar-refractivity contribution in [2.75, 3.05) is 27.2 Å². The van der Waals surface area contributed by atoms with Crippen LogP contribution in [0.2, 0.25) is 0 Å². The SMILES string of the molecule is CN(C)C1CCCN(C(=O)Cc2sc(-c3ccccc3)nc2-c2cccs2)C1. The highest BCUT2D eigenvalue weighted by atomic mass is 32.1. The van der Waals surface area contributed by atoms with Crippen molar-refractivity contribution in [1.82, 2.24) is 14.8 Å². The molecule has 146 valence electrons. The Morgan fingerprint density at radius 3 is 2.75 bits per heavy atom. The molecule has 1 aliphatic rings. The van der Waals surface area contributed by atoms with Gasteiger partial charge in [-0.1, -0.05) is 36.4 Å². The Balaban J connectivity index is 1.60. The van der Waals surface area contributed by atoms with Gasteiger partial charge in [-0.2, -0.15) is 0 Å². The molecule has 4 rings (SSSR count). The van der Waals surface area contributed by atoms with Crippen molar-refractivity contribution >= 4 is 28.6 Å². The zero-order valence-electron chi connectivity index (χ0n) is 16.3. The third-order valence-electron chi connectivity index (χ3n) is 5.26. The third-order valence-corrected chi connectivity index (χ3v) is 7.24. The summed E-state index contributed by atoms with van der Waals surface area (Å²) in [5, 5.41) is 3.05. The minimum absolute atomic E-state index is 0.215. The fourth-order valence-electron chi connectivity index (χ4n) is 3.63. The molecule has 2 aromatic heterocycles. The number of carbonyl (C=O) groups excluding carboxylic acids is 1. The largest absolute Gasteiger partial charge is 0.341 e. The molecule has 1 fully saturated rings. The van der Waals surface area contributed by atoms with Crippen LogP contribution in [-0.2, 0) is 11.2 Å². The van der Waals surface area contributed by atoms with Gasteiger partial charge in [0, 0.05) is 29.6 Å². The Morgan fingerprint density at radius 1 is 1.21 bits per heavy atom. The van der Waals surface area contributed by atoms with Crippen molar-refractivity contribution in [3.8, 4) is 21.1 Å². The Bertz CT molecular complexity index is 919. The fourth-order valence-corrected chi connectivity index (χ4v) is 5.51. The second-order valence-electron chi connectivity index (χ2n) is 7.41. The summed E-state index contributed by atoms with van der Waals surface area (Å²) < 4.78 is 0. The molecule has 0 bridgehead atoms. The first kappa shape index (κ1) is 19.3. The Kier molecular flexibility index (Phi) is 5.90. The van der Waals surface area contributed by atoms with E-state index in [-0.39, 0.29) is 5.91 Å². The lowest BCUT2D eigenvalue weighted by molar-refractivity contribution is -0.132. The van der Waals surface area contributed by atoms with E-state index in [0.717, 1.165) is 52.0 Å². The molecule has 1 saturated heterocycles. The number of piperidine rings is 1. The zero-order chi connectivity index (χ0) is 19.5. The molecular weight excluding hydrogens is 386 g/mol. The number of likely N-dealkylation sites (N-methyl/N-ethyl adjacent to an activating group) is 1. The summed E-state index contributed by atoms with van der Waals surface area (Å²) in [6, 6.07) is 14.8. The molecule has 6 heteroatoms. The van der Waals surface area contributed by atoms with E-state index in [9.17, 15) is 4.79 Å². The van der Waals surface area contributed by atoms with Crippen LogP contribution >= 0.6 is 22.7 Å². The highest BCUT2D eigenvalue weighted by Crippen LogP contribution is 2.36. The van der Waals surface area contributed by atoms with Crippen molar-refractivity contribution in [3.05, 3.63) is 52.7 Å². The number of carbonyl (C=O) groups is 1. The van der Waals surface area contributed by atoms with Crippen LogP contribution < -0.4 is 0 Å². The molecule has 1 unspecified atom stereocenters. The first-order valence-electron chi connectivity index (χ1n) is 9.65. The van der Waals surface area contributed by atoms with Crippen molar-refractivity contribution < 1.29 is 4.79 Å². The van der Waals surface area contributed by atoms with Gasteiger partial charge in [0.25, 0.3) is 0 Å². The molecule has 1 atom stereocenters. The van der Waals surface area contributed by atoms with Crippen molar-refractivity contribution in [3.63, 3.8) is 0 Å². The average Bonchev–Trinajstić information content (AvgIpc) is 3.38. The third kappa shape index (κ3) is 4.19. The van der Waals surface area contributed by atoms with Crippen LogP contribution in [0.4, 0.5) is 0 Å². The maximum atomic E-state index is 13.1. The number of rotatable bonds is 5. The number of aromatic nitrogens is 1. The second kappa shape index (κ2) is 8.55. The number of thiazole rings is 1. The molecule has 1 amide bonds. The summed E-state index contributed by atoms with van der Waals surface area (Å²) in [4.78, 5) is 24.5. The van der Waals surface area contributed by atoms with Crippen molar-refractivity contribution in [2.45, 2.75) is 25.3 Å². The van der Waals surface area contributed by atoms with Crippen molar-refractivity contribution in [1.29, 1.82) is 0 Å². The minimum Gasteiger partial charge on any atom is -0.341 e. The number of likely N-dealkylation sites (tertiary alicyclic amines) is 1. The Labute approximate surface area is 174 Å². The molecule has 1 aromatic carbocycles. The molecule has 0 saturated carbocycles. The van der Waals surface area contributed by atoms with E-state index in [0.29, 0.717) is 12.5 Å². The van der Waals surface area contributed by atoms with Crippen LogP contribution in [0, 0.1) is 0 Å². The maximum absolute atomic E-state index is 13.1. The summed E-state index contributed by atoms with van der Waals surface area (Å²) in [7, 11) is 4.20. The van der Waals surface area contributed by atoms with E-state index in [1.54, 1.807) is 22.7 Å². The number of thiophene rings is 1. The summed E-state index contributed by atoms with van der Waals surface area (Å²) in [5.41, 5.74) is 2.07. The van der Waals surface area contributed by atoms with Gasteiger partial charge in [-0.05, 0) is 38.4 Å². The van der Waals surface area contributed by atoms with Gasteiger partial charge < -0.3 is 9.80 Å². The van der Waals surface area contributed by atoms with Gasteiger partial charge in [0.1, 0.15) is 5.01 Å². The predicted molar refractivity (Wildman–Crippen MR) is 118 cm³/mol. The number of hydrogen-bond donors (Lipinski definition) is 0. The van der Waals surface area contributed by atoms with Gasteiger partial charge in [-0.15, -0.1) is 22.7 Å². The van der Waals surface area contributed by atoms with Crippen LogP contribution in [0.25, 0.3) is 21.1 Å². The molecular formula is C22H25N3OS2. The number of amides is 1. The lowest BCUT2D eigenvalue weighted by atomic mass is 10.0. The minimum atomic E-state index is 0.215. The second-order valence-corrected chi connectivity index (χ2v) is 9.44. The Morgan fingerprint density at radius 2 is 2.04 bits per heavy atom. The highest BCUT2D eigenvalue weighted by molar-refractivity contribution is 7.17. The van der Waals surface area contributed by atoms with Crippen LogP contribution in [0.5, 0.6) is 0 Å². The van der Waals surface area contributed by atoms with E-state index < -0.39 is 0 Å². The van der Waals surface area contributed by atoms with Gasteiger partial charge in [-0.3, -0.25) is 4.79 Å². The van der Waals surface area contributed by atoms with Gasteiger partial charge in [-0.25, -0.2) is 4.98 Å². The lowest BCUT2D eigenvalue weighted by Gasteiger charge is -2.36. The van der Waals surface area contributed by atoms with Crippen LogP contribution in [0.3, 0.4) is 0 Å². The van der Waals surface area contributed by atoms with E-state index in [1.807, 2.05) is 29.2 Å². The quantitative estimate of drug-likeness (QED) is 0.614. The zero-order valence-corrected chi connectivity index (χ0v) is 17.9. The van der Waals surface area contributed by atoms with Gasteiger partial charge in [0.15, 0.2) is 0 Å². The molecule has 0 N–H and O–H groups in total. The van der Waals surface area contributed by atoms with E-state index >= 15 is 0 Å². The molecule has 0 radical (unpaired) electrons. The first-order chi connectivity index (χ1) is 13.6. The van der Waals surface area contributed by atoms with E-state index in [2.05, 4.69) is 42.6 Å². The molecule has 28 heavy (non-hydrogen) atoms. The number of benzene rings is 1. The van der Waals surface area contributed by atoms with Gasteiger partial charge in [0.05, 0.1) is 17.0 Å². The number of nitrogens with zero attached hydrogens (tertiary/aromatic N) is 3. The molecule has 0 spiro atoms. The standard InChI is InChI=1S/C22H25N3OS2/c1-24(2)17-10-6-12-25(15-17)20(26)14-19-21(18-11-7-13-27-18)23-22(28-19)16-8-4-3-5-9-16/h3-5,7-9,11,13,17H,6,10,12,14-15H2,1-2H3. The van der Waals surface area contributed by atoms with Crippen LogP contribution in [-0.4, -0.2) is 53.9 Å². The summed E-state index contributed by atoms with van der Waals surface area (Å²) in [5.74, 6) is 0.215. The fraction of sp³-hybridized carbons (Fsp3) is 0.364. The molecule has 0 aliphatic carbocycles. The molecule has 3 aromatic rings. The highest BCUT2D eigenvalue weighted by Gasteiger charge is 2.26. The van der Waals surface area contributed by atoms with Crippen molar-refractivity contribution in [2.24, 2.45) is 0 Å². The van der Waals surface area contributed by atoms with E-state index in [4.69, 9.17) is 4.98 Å². The molecule has 4 nitrogen and oxygen atoms in total. The van der Waals surface area contributed by atoms with Gasteiger partial charge >= 0.3 is 0 Å². The topological polar surface area (TPSA) is 36.4 Å². The average molecular weight is 412 g/mol. The summed E-state index contributed by atoms with van der Waals surface area (Å²) in [6.45, 7) is 1.69. The summed E-state index contributed by atoms with van der Waals surface area (Å²) in [6.07, 6.45) is 2.66. The molecule has 3 heterocycles.